The van der Waals surface area contributed by atoms with E-state index in [0.717, 1.165) is 12.5 Å². The molecule has 0 aliphatic heterocycles. The van der Waals surface area contributed by atoms with Crippen molar-refractivity contribution in [2.24, 2.45) is 5.92 Å². The van der Waals surface area contributed by atoms with E-state index in [0.29, 0.717) is 6.04 Å². The first-order valence-electron chi connectivity index (χ1n) is 8.34. The molecular formula is C18H30N2. The van der Waals surface area contributed by atoms with E-state index in [4.69, 9.17) is 0 Å². The minimum atomic E-state index is 0.504. The molecule has 1 aliphatic rings. The van der Waals surface area contributed by atoms with Gasteiger partial charge in [0.2, 0.25) is 0 Å². The van der Waals surface area contributed by atoms with E-state index in [9.17, 15) is 0 Å². The number of hydrogen-bond acceptors (Lipinski definition) is 2. The standard InChI is InChI=1S/C18H30N2/c1-3-13-19-18(17-8-6-5-7-9-17)12-14-20(4-2)15-16-10-11-16/h5-9,16,18-19H,3-4,10-15H2,1-2H3. The van der Waals surface area contributed by atoms with Crippen molar-refractivity contribution in [1.29, 1.82) is 0 Å². The highest BCUT2D eigenvalue weighted by molar-refractivity contribution is 5.18. The molecule has 0 aromatic heterocycles. The van der Waals surface area contributed by atoms with E-state index < -0.39 is 0 Å². The van der Waals surface area contributed by atoms with E-state index in [1.807, 2.05) is 0 Å². The van der Waals surface area contributed by atoms with Crippen LogP contribution in [0.3, 0.4) is 0 Å². The lowest BCUT2D eigenvalue weighted by Gasteiger charge is -2.25. The van der Waals surface area contributed by atoms with Crippen LogP contribution in [-0.2, 0) is 0 Å². The molecule has 0 radical (unpaired) electrons. The van der Waals surface area contributed by atoms with Crippen molar-refractivity contribution in [2.75, 3.05) is 26.2 Å². The minimum Gasteiger partial charge on any atom is -0.310 e. The molecule has 0 spiro atoms. The van der Waals surface area contributed by atoms with Crippen LogP contribution in [0.5, 0.6) is 0 Å². The van der Waals surface area contributed by atoms with Gasteiger partial charge in [-0.3, -0.25) is 0 Å². The summed E-state index contributed by atoms with van der Waals surface area (Å²) in [5.74, 6) is 0.994. The Hall–Kier alpha value is -0.860. The van der Waals surface area contributed by atoms with Gasteiger partial charge in [0.25, 0.3) is 0 Å². The van der Waals surface area contributed by atoms with Crippen LogP contribution >= 0.6 is 0 Å². The first kappa shape index (κ1) is 15.5. The molecule has 1 saturated carbocycles. The monoisotopic (exact) mass is 274 g/mol. The smallest absolute Gasteiger partial charge is 0.0332 e. The highest BCUT2D eigenvalue weighted by Gasteiger charge is 2.24. The fourth-order valence-electron chi connectivity index (χ4n) is 2.75. The van der Waals surface area contributed by atoms with E-state index in [1.54, 1.807) is 0 Å². The van der Waals surface area contributed by atoms with Gasteiger partial charge in [-0.25, -0.2) is 0 Å². The average molecular weight is 274 g/mol. The molecule has 2 nitrogen and oxygen atoms in total. The van der Waals surface area contributed by atoms with Gasteiger partial charge in [-0.2, -0.15) is 0 Å². The Labute approximate surface area is 124 Å². The summed E-state index contributed by atoms with van der Waals surface area (Å²) in [7, 11) is 0. The van der Waals surface area contributed by atoms with Crippen LogP contribution in [0.1, 0.15) is 51.1 Å². The summed E-state index contributed by atoms with van der Waals surface area (Å²) < 4.78 is 0. The molecule has 0 amide bonds. The van der Waals surface area contributed by atoms with Crippen molar-refractivity contribution < 1.29 is 0 Å². The first-order valence-corrected chi connectivity index (χ1v) is 8.34. The molecule has 20 heavy (non-hydrogen) atoms. The van der Waals surface area contributed by atoms with Gasteiger partial charge in [0, 0.05) is 12.6 Å². The molecule has 1 fully saturated rings. The Morgan fingerprint density at radius 2 is 1.95 bits per heavy atom. The summed E-state index contributed by atoms with van der Waals surface area (Å²) in [6.45, 7) is 9.34. The predicted octanol–water partition coefficient (Wildman–Crippen LogP) is 3.85. The molecule has 0 saturated heterocycles. The summed E-state index contributed by atoms with van der Waals surface area (Å²) in [4.78, 5) is 2.63. The Morgan fingerprint density at radius 3 is 2.55 bits per heavy atom. The molecular weight excluding hydrogens is 244 g/mol. The van der Waals surface area contributed by atoms with Crippen molar-refractivity contribution in [2.45, 2.75) is 45.6 Å². The maximum atomic E-state index is 3.71. The average Bonchev–Trinajstić information content (AvgIpc) is 3.31. The zero-order chi connectivity index (χ0) is 14.2. The van der Waals surface area contributed by atoms with E-state index >= 15 is 0 Å². The Balaban J connectivity index is 1.85. The highest BCUT2D eigenvalue weighted by atomic mass is 15.1. The van der Waals surface area contributed by atoms with Crippen LogP contribution in [0, 0.1) is 5.92 Å². The Bertz CT molecular complexity index is 359. The van der Waals surface area contributed by atoms with Crippen LogP contribution < -0.4 is 5.32 Å². The van der Waals surface area contributed by atoms with Crippen molar-refractivity contribution >= 4 is 0 Å². The SMILES string of the molecule is CCCNC(CCN(CC)CC1CC1)c1ccccc1. The van der Waals surface area contributed by atoms with Crippen LogP contribution in [0.4, 0.5) is 0 Å². The third kappa shape index (κ3) is 5.26. The summed E-state index contributed by atoms with van der Waals surface area (Å²) in [6, 6.07) is 11.4. The van der Waals surface area contributed by atoms with Crippen LogP contribution in [-0.4, -0.2) is 31.1 Å². The van der Waals surface area contributed by atoms with E-state index in [1.165, 1.54) is 50.9 Å². The molecule has 2 heteroatoms. The number of hydrogen-bond donors (Lipinski definition) is 1. The summed E-state index contributed by atoms with van der Waals surface area (Å²) in [5.41, 5.74) is 1.43. The van der Waals surface area contributed by atoms with Gasteiger partial charge < -0.3 is 10.2 Å². The first-order chi connectivity index (χ1) is 9.83. The van der Waals surface area contributed by atoms with Gasteiger partial charge in [-0.15, -0.1) is 0 Å². The molecule has 0 bridgehead atoms. The van der Waals surface area contributed by atoms with Crippen molar-refractivity contribution in [3.8, 4) is 0 Å². The zero-order valence-corrected chi connectivity index (χ0v) is 13.1. The van der Waals surface area contributed by atoms with Crippen LogP contribution in [0.2, 0.25) is 0 Å². The minimum absolute atomic E-state index is 0.504. The molecule has 1 unspecified atom stereocenters. The quantitative estimate of drug-likeness (QED) is 0.697. The summed E-state index contributed by atoms with van der Waals surface area (Å²) in [5, 5.41) is 3.71. The fourth-order valence-corrected chi connectivity index (χ4v) is 2.75. The lowest BCUT2D eigenvalue weighted by Crippen LogP contribution is -2.31. The lowest BCUT2D eigenvalue weighted by molar-refractivity contribution is 0.259. The van der Waals surface area contributed by atoms with Gasteiger partial charge in [-0.05, 0) is 56.8 Å². The second-order valence-corrected chi connectivity index (χ2v) is 6.04. The molecule has 0 heterocycles. The highest BCUT2D eigenvalue weighted by Crippen LogP contribution is 2.30. The Kier molecular flexibility index (Phi) is 6.55. The molecule has 1 atom stereocenters. The Morgan fingerprint density at radius 1 is 1.20 bits per heavy atom. The molecule has 1 N–H and O–H groups in total. The second-order valence-electron chi connectivity index (χ2n) is 6.04. The van der Waals surface area contributed by atoms with Gasteiger partial charge in [0.05, 0.1) is 0 Å². The number of rotatable bonds is 10. The molecule has 1 aromatic rings. The number of nitrogens with one attached hydrogen (secondary N) is 1. The van der Waals surface area contributed by atoms with Crippen LogP contribution in [0.15, 0.2) is 30.3 Å². The van der Waals surface area contributed by atoms with E-state index in [2.05, 4.69) is 54.4 Å². The third-order valence-electron chi connectivity index (χ3n) is 4.24. The fraction of sp³-hybridized carbons (Fsp3) is 0.667. The van der Waals surface area contributed by atoms with Crippen molar-refractivity contribution in [1.82, 2.24) is 10.2 Å². The molecule has 2 rings (SSSR count). The third-order valence-corrected chi connectivity index (χ3v) is 4.24. The normalized spacial score (nSPS) is 16.6. The second kappa shape index (κ2) is 8.43. The number of nitrogens with zero attached hydrogens (tertiary/aromatic N) is 1. The van der Waals surface area contributed by atoms with E-state index in [-0.39, 0.29) is 0 Å². The van der Waals surface area contributed by atoms with Gasteiger partial charge >= 0.3 is 0 Å². The lowest BCUT2D eigenvalue weighted by atomic mass is 10.0. The van der Waals surface area contributed by atoms with Crippen LogP contribution in [0.25, 0.3) is 0 Å². The van der Waals surface area contributed by atoms with Crippen molar-refractivity contribution in [3.05, 3.63) is 35.9 Å². The van der Waals surface area contributed by atoms with Gasteiger partial charge in [0.15, 0.2) is 0 Å². The maximum absolute atomic E-state index is 3.71. The van der Waals surface area contributed by atoms with Crippen molar-refractivity contribution in [3.63, 3.8) is 0 Å². The zero-order valence-electron chi connectivity index (χ0n) is 13.1. The number of benzene rings is 1. The maximum Gasteiger partial charge on any atom is 0.0332 e. The summed E-state index contributed by atoms with van der Waals surface area (Å²) in [6.07, 6.45) is 5.31. The topological polar surface area (TPSA) is 15.3 Å². The largest absolute Gasteiger partial charge is 0.310 e. The summed E-state index contributed by atoms with van der Waals surface area (Å²) >= 11 is 0. The van der Waals surface area contributed by atoms with Gasteiger partial charge in [-0.1, -0.05) is 44.2 Å². The molecule has 112 valence electrons. The predicted molar refractivity (Wildman–Crippen MR) is 86.9 cm³/mol. The van der Waals surface area contributed by atoms with Gasteiger partial charge in [0.1, 0.15) is 0 Å². The molecule has 1 aromatic carbocycles. The molecule has 1 aliphatic carbocycles.